The highest BCUT2D eigenvalue weighted by Gasteiger charge is 2.15. The lowest BCUT2D eigenvalue weighted by molar-refractivity contribution is 0.309. The molecular formula is C19H13ClFN3O2. The van der Waals surface area contributed by atoms with Gasteiger partial charge in [-0.1, -0.05) is 22.8 Å². The van der Waals surface area contributed by atoms with E-state index >= 15 is 0 Å². The lowest BCUT2D eigenvalue weighted by Gasteiger charge is -2.10. The van der Waals surface area contributed by atoms with E-state index in [1.807, 2.05) is 12.1 Å². The van der Waals surface area contributed by atoms with Gasteiger partial charge in [-0.15, -0.1) is 0 Å². The van der Waals surface area contributed by atoms with Gasteiger partial charge in [0.25, 0.3) is 0 Å². The first-order chi connectivity index (χ1) is 12.7. The van der Waals surface area contributed by atoms with E-state index in [1.54, 1.807) is 30.6 Å². The molecule has 5 nitrogen and oxygen atoms in total. The van der Waals surface area contributed by atoms with Gasteiger partial charge in [-0.05, 0) is 42.5 Å². The summed E-state index contributed by atoms with van der Waals surface area (Å²) in [5.41, 5.74) is 1.90. The highest BCUT2D eigenvalue weighted by molar-refractivity contribution is 6.31. The Hall–Kier alpha value is -3.12. The number of ether oxygens (including phenoxy) is 1. The fourth-order valence-electron chi connectivity index (χ4n) is 2.55. The number of anilines is 2. The molecule has 130 valence electrons. The SMILES string of the molecule is Fc1ccc(Cl)c(COc2cccc3onc(Nc4cccnc4)c23)c1. The maximum Gasteiger partial charge on any atom is 0.185 e. The van der Waals surface area contributed by atoms with Crippen LogP contribution < -0.4 is 10.1 Å². The molecule has 26 heavy (non-hydrogen) atoms. The van der Waals surface area contributed by atoms with Gasteiger partial charge in [0.05, 0.1) is 11.9 Å². The third-order valence-electron chi connectivity index (χ3n) is 3.78. The molecule has 1 N–H and O–H groups in total. The highest BCUT2D eigenvalue weighted by atomic mass is 35.5. The Morgan fingerprint density at radius 3 is 2.92 bits per heavy atom. The lowest BCUT2D eigenvalue weighted by Crippen LogP contribution is -1.98. The average molecular weight is 370 g/mol. The van der Waals surface area contributed by atoms with Crippen molar-refractivity contribution >= 4 is 34.1 Å². The Balaban J connectivity index is 1.64. The van der Waals surface area contributed by atoms with Crippen LogP contribution in [0.15, 0.2) is 65.4 Å². The third kappa shape index (κ3) is 3.32. The zero-order chi connectivity index (χ0) is 17.9. The third-order valence-corrected chi connectivity index (χ3v) is 4.14. The Bertz CT molecular complexity index is 1050. The van der Waals surface area contributed by atoms with Crippen molar-refractivity contribution in [2.24, 2.45) is 0 Å². The van der Waals surface area contributed by atoms with Gasteiger partial charge in [0.1, 0.15) is 23.6 Å². The van der Waals surface area contributed by atoms with Crippen LogP contribution in [0.5, 0.6) is 5.75 Å². The molecule has 7 heteroatoms. The number of rotatable bonds is 5. The first-order valence-electron chi connectivity index (χ1n) is 7.83. The van der Waals surface area contributed by atoms with Gasteiger partial charge in [-0.25, -0.2) is 4.39 Å². The second kappa shape index (κ2) is 7.01. The molecule has 0 radical (unpaired) electrons. The standard InChI is InChI=1S/C19H13ClFN3O2/c20-15-7-6-13(21)9-12(15)11-25-16-4-1-5-17-18(16)19(24-26-17)23-14-3-2-8-22-10-14/h1-10H,11H2,(H,23,24). The fraction of sp³-hybridized carbons (Fsp3) is 0.0526. The number of nitrogens with zero attached hydrogens (tertiary/aromatic N) is 2. The van der Waals surface area contributed by atoms with Crippen molar-refractivity contribution in [3.05, 3.63) is 77.3 Å². The average Bonchev–Trinajstić information content (AvgIpc) is 3.07. The molecule has 4 rings (SSSR count). The van der Waals surface area contributed by atoms with Crippen molar-refractivity contribution < 1.29 is 13.7 Å². The summed E-state index contributed by atoms with van der Waals surface area (Å²) in [6.07, 6.45) is 3.36. The smallest absolute Gasteiger partial charge is 0.185 e. The number of aromatic nitrogens is 2. The molecular weight excluding hydrogens is 357 g/mol. The van der Waals surface area contributed by atoms with Crippen molar-refractivity contribution in [1.29, 1.82) is 0 Å². The molecule has 0 amide bonds. The maximum absolute atomic E-state index is 13.4. The largest absolute Gasteiger partial charge is 0.488 e. The van der Waals surface area contributed by atoms with Crippen LogP contribution in [-0.4, -0.2) is 10.1 Å². The highest BCUT2D eigenvalue weighted by Crippen LogP contribution is 2.34. The molecule has 0 aliphatic rings. The molecule has 2 heterocycles. The minimum Gasteiger partial charge on any atom is -0.488 e. The van der Waals surface area contributed by atoms with Gasteiger partial charge in [-0.3, -0.25) is 4.98 Å². The second-order valence-electron chi connectivity index (χ2n) is 5.55. The Labute approximate surface area is 153 Å². The minimum atomic E-state index is -0.366. The summed E-state index contributed by atoms with van der Waals surface area (Å²) in [5.74, 6) is 0.694. The summed E-state index contributed by atoms with van der Waals surface area (Å²) in [6.45, 7) is 0.118. The molecule has 0 fully saturated rings. The number of fused-ring (bicyclic) bond motifs is 1. The summed E-state index contributed by atoms with van der Waals surface area (Å²) < 4.78 is 24.7. The zero-order valence-electron chi connectivity index (χ0n) is 13.4. The van der Waals surface area contributed by atoms with Crippen LogP contribution in [0.3, 0.4) is 0 Å². The summed E-state index contributed by atoms with van der Waals surface area (Å²) in [7, 11) is 0. The molecule has 0 bridgehead atoms. The molecule has 2 aromatic heterocycles. The predicted octanol–water partition coefficient (Wildman–Crippen LogP) is 5.34. The monoisotopic (exact) mass is 369 g/mol. The number of hydrogen-bond acceptors (Lipinski definition) is 5. The fourth-order valence-corrected chi connectivity index (χ4v) is 2.72. The Kier molecular flexibility index (Phi) is 4.41. The second-order valence-corrected chi connectivity index (χ2v) is 5.96. The first-order valence-corrected chi connectivity index (χ1v) is 8.21. The molecule has 0 spiro atoms. The first kappa shape index (κ1) is 16.4. The van der Waals surface area contributed by atoms with E-state index in [9.17, 15) is 4.39 Å². The molecule has 2 aromatic carbocycles. The van der Waals surface area contributed by atoms with Crippen molar-refractivity contribution in [3.63, 3.8) is 0 Å². The summed E-state index contributed by atoms with van der Waals surface area (Å²) in [5, 5.41) is 8.34. The van der Waals surface area contributed by atoms with Crippen LogP contribution in [0.4, 0.5) is 15.9 Å². The van der Waals surface area contributed by atoms with E-state index < -0.39 is 0 Å². The van der Waals surface area contributed by atoms with Crippen LogP contribution in [0, 0.1) is 5.82 Å². The lowest BCUT2D eigenvalue weighted by atomic mass is 10.2. The summed E-state index contributed by atoms with van der Waals surface area (Å²) in [4.78, 5) is 4.06. The topological polar surface area (TPSA) is 60.2 Å². The van der Waals surface area contributed by atoms with E-state index in [-0.39, 0.29) is 12.4 Å². The number of halogens is 2. The van der Waals surface area contributed by atoms with Crippen LogP contribution in [0.1, 0.15) is 5.56 Å². The van der Waals surface area contributed by atoms with Crippen LogP contribution in [0.2, 0.25) is 5.02 Å². The van der Waals surface area contributed by atoms with E-state index in [0.29, 0.717) is 33.1 Å². The zero-order valence-corrected chi connectivity index (χ0v) is 14.2. The quantitative estimate of drug-likeness (QED) is 0.514. The molecule has 0 aliphatic heterocycles. The predicted molar refractivity (Wildman–Crippen MR) is 97.3 cm³/mol. The van der Waals surface area contributed by atoms with E-state index in [1.165, 1.54) is 18.2 Å². The Morgan fingerprint density at radius 2 is 2.08 bits per heavy atom. The molecule has 0 saturated carbocycles. The molecule has 0 unspecified atom stereocenters. The van der Waals surface area contributed by atoms with E-state index in [0.717, 1.165) is 5.69 Å². The van der Waals surface area contributed by atoms with Crippen LogP contribution in [0.25, 0.3) is 11.0 Å². The van der Waals surface area contributed by atoms with Crippen LogP contribution >= 0.6 is 11.6 Å². The van der Waals surface area contributed by atoms with Crippen molar-refractivity contribution in [1.82, 2.24) is 10.1 Å². The van der Waals surface area contributed by atoms with Crippen molar-refractivity contribution in [2.45, 2.75) is 6.61 Å². The number of nitrogens with one attached hydrogen (secondary N) is 1. The van der Waals surface area contributed by atoms with Gasteiger partial charge < -0.3 is 14.6 Å². The summed E-state index contributed by atoms with van der Waals surface area (Å²) >= 11 is 6.10. The van der Waals surface area contributed by atoms with E-state index in [4.69, 9.17) is 20.9 Å². The van der Waals surface area contributed by atoms with E-state index in [2.05, 4.69) is 15.5 Å². The van der Waals surface area contributed by atoms with Gasteiger partial charge in [0.15, 0.2) is 11.4 Å². The van der Waals surface area contributed by atoms with Crippen molar-refractivity contribution in [3.8, 4) is 5.75 Å². The normalized spacial score (nSPS) is 10.8. The number of pyridine rings is 1. The van der Waals surface area contributed by atoms with Gasteiger partial charge in [-0.2, -0.15) is 0 Å². The Morgan fingerprint density at radius 1 is 1.15 bits per heavy atom. The van der Waals surface area contributed by atoms with Gasteiger partial charge >= 0.3 is 0 Å². The summed E-state index contributed by atoms with van der Waals surface area (Å²) in [6, 6.07) is 13.2. The number of hydrogen-bond donors (Lipinski definition) is 1. The van der Waals surface area contributed by atoms with Gasteiger partial charge in [0, 0.05) is 16.8 Å². The number of benzene rings is 2. The van der Waals surface area contributed by atoms with Crippen molar-refractivity contribution in [2.75, 3.05) is 5.32 Å². The van der Waals surface area contributed by atoms with Gasteiger partial charge in [0.2, 0.25) is 0 Å². The molecule has 0 atom stereocenters. The molecule has 0 aliphatic carbocycles. The minimum absolute atomic E-state index is 0.118. The molecule has 4 aromatic rings. The maximum atomic E-state index is 13.4. The molecule has 0 saturated heterocycles. The van der Waals surface area contributed by atoms with Crippen LogP contribution in [-0.2, 0) is 6.61 Å².